The number of nitrogens with zero attached hydrogens (tertiary/aromatic N) is 3. The molecular weight excluding hydrogens is 514 g/mol. The van der Waals surface area contributed by atoms with Gasteiger partial charge in [-0.25, -0.2) is 13.4 Å². The van der Waals surface area contributed by atoms with Crippen molar-refractivity contribution in [1.29, 1.82) is 0 Å². The molecule has 32 heavy (non-hydrogen) atoms. The molecule has 0 radical (unpaired) electrons. The fraction of sp³-hybridized carbons (Fsp3) is 0.318. The minimum atomic E-state index is -3.50. The Labute approximate surface area is 200 Å². The van der Waals surface area contributed by atoms with E-state index in [1.54, 1.807) is 48.1 Å². The van der Waals surface area contributed by atoms with E-state index in [9.17, 15) is 8.42 Å². The summed E-state index contributed by atoms with van der Waals surface area (Å²) in [7, 11) is -0.228. The van der Waals surface area contributed by atoms with Crippen LogP contribution in [0.4, 0.5) is 5.13 Å². The molecule has 0 unspecified atom stereocenters. The highest BCUT2D eigenvalue weighted by molar-refractivity contribution is 9.10. The van der Waals surface area contributed by atoms with E-state index in [2.05, 4.69) is 20.8 Å². The minimum Gasteiger partial charge on any atom is -0.497 e. The highest BCUT2D eigenvalue weighted by atomic mass is 79.9. The second kappa shape index (κ2) is 9.78. The van der Waals surface area contributed by atoms with E-state index < -0.39 is 10.0 Å². The van der Waals surface area contributed by atoms with Gasteiger partial charge in [-0.2, -0.15) is 4.31 Å². The summed E-state index contributed by atoms with van der Waals surface area (Å²) in [5.74, 6) is 1.52. The van der Waals surface area contributed by atoms with Crippen LogP contribution in [0.3, 0.4) is 0 Å². The Balaban J connectivity index is 1.41. The molecule has 10 heteroatoms. The van der Waals surface area contributed by atoms with Crippen molar-refractivity contribution in [3.63, 3.8) is 0 Å². The predicted octanol–water partition coefficient (Wildman–Crippen LogP) is 4.02. The van der Waals surface area contributed by atoms with Crippen LogP contribution in [-0.2, 0) is 16.4 Å². The molecule has 0 N–H and O–H groups in total. The lowest BCUT2D eigenvalue weighted by molar-refractivity contribution is 0.384. The number of anilines is 1. The maximum absolute atomic E-state index is 12.9. The number of hydrogen-bond donors (Lipinski definition) is 0. The van der Waals surface area contributed by atoms with Crippen LogP contribution in [0.5, 0.6) is 11.5 Å². The number of aromatic nitrogens is 1. The van der Waals surface area contributed by atoms with Gasteiger partial charge < -0.3 is 14.4 Å². The lowest BCUT2D eigenvalue weighted by atomic mass is 10.1. The van der Waals surface area contributed by atoms with Gasteiger partial charge in [0.05, 0.1) is 24.8 Å². The van der Waals surface area contributed by atoms with Gasteiger partial charge in [-0.3, -0.25) is 0 Å². The van der Waals surface area contributed by atoms with Gasteiger partial charge in [-0.15, -0.1) is 11.3 Å². The van der Waals surface area contributed by atoms with Crippen LogP contribution in [0.2, 0.25) is 0 Å². The molecule has 1 aliphatic heterocycles. The van der Waals surface area contributed by atoms with Gasteiger partial charge in [0.2, 0.25) is 10.0 Å². The Morgan fingerprint density at radius 1 is 1.06 bits per heavy atom. The molecule has 0 bridgehead atoms. The molecular formula is C22H24BrN3O4S2. The second-order valence-corrected chi connectivity index (χ2v) is 11.0. The number of halogens is 1. The predicted molar refractivity (Wildman–Crippen MR) is 130 cm³/mol. The van der Waals surface area contributed by atoms with E-state index in [-0.39, 0.29) is 0 Å². The van der Waals surface area contributed by atoms with Gasteiger partial charge in [-0.05, 0) is 24.3 Å². The van der Waals surface area contributed by atoms with Crippen LogP contribution in [0.15, 0.2) is 57.2 Å². The van der Waals surface area contributed by atoms with Crippen LogP contribution in [0.1, 0.15) is 11.3 Å². The molecule has 4 rings (SSSR count). The van der Waals surface area contributed by atoms with Gasteiger partial charge in [0.25, 0.3) is 0 Å². The van der Waals surface area contributed by atoms with Crippen LogP contribution in [-0.4, -0.2) is 58.1 Å². The van der Waals surface area contributed by atoms with Crippen molar-refractivity contribution in [2.45, 2.75) is 11.3 Å². The normalized spacial score (nSPS) is 15.0. The number of hydrogen-bond acceptors (Lipinski definition) is 7. The van der Waals surface area contributed by atoms with Gasteiger partial charge in [0, 0.05) is 54.1 Å². The smallest absolute Gasteiger partial charge is 0.243 e. The Morgan fingerprint density at radius 3 is 2.53 bits per heavy atom. The van der Waals surface area contributed by atoms with Gasteiger partial charge in [-0.1, -0.05) is 28.1 Å². The molecule has 1 aliphatic rings. The molecule has 0 spiro atoms. The summed E-state index contributed by atoms with van der Waals surface area (Å²) in [6, 6.07) is 12.6. The molecule has 2 heterocycles. The van der Waals surface area contributed by atoms with Crippen LogP contribution in [0, 0.1) is 0 Å². The van der Waals surface area contributed by atoms with E-state index in [1.807, 2.05) is 29.6 Å². The summed E-state index contributed by atoms with van der Waals surface area (Å²) in [5.41, 5.74) is 1.99. The first kappa shape index (κ1) is 23.0. The average Bonchev–Trinajstić information content (AvgIpc) is 3.28. The van der Waals surface area contributed by atoms with E-state index in [1.165, 1.54) is 0 Å². The van der Waals surface area contributed by atoms with Gasteiger partial charge >= 0.3 is 0 Å². The summed E-state index contributed by atoms with van der Waals surface area (Å²) >= 11 is 4.93. The molecule has 1 aromatic heterocycles. The lowest BCUT2D eigenvalue weighted by Crippen LogP contribution is -2.48. The molecule has 0 amide bonds. The van der Waals surface area contributed by atoms with Crippen molar-refractivity contribution >= 4 is 42.4 Å². The zero-order valence-corrected chi connectivity index (χ0v) is 21.0. The highest BCUT2D eigenvalue weighted by Gasteiger charge is 2.29. The molecule has 1 saturated heterocycles. The zero-order valence-electron chi connectivity index (χ0n) is 17.8. The summed E-state index contributed by atoms with van der Waals surface area (Å²) in [4.78, 5) is 7.24. The Hall–Kier alpha value is -2.14. The average molecular weight is 538 g/mol. The molecule has 1 fully saturated rings. The quantitative estimate of drug-likeness (QED) is 0.453. The zero-order chi connectivity index (χ0) is 22.7. The van der Waals surface area contributed by atoms with Crippen molar-refractivity contribution in [3.05, 3.63) is 63.6 Å². The fourth-order valence-corrected chi connectivity index (χ4v) is 6.51. The SMILES string of the molecule is COc1ccc(Cc2csc(N3CCN(S(=O)(=O)c4cccc(Br)c4)CC3)n2)c(OC)c1. The first-order valence-corrected chi connectivity index (χ1v) is 13.2. The molecule has 2 aromatic carbocycles. The second-order valence-electron chi connectivity index (χ2n) is 7.32. The standard InChI is InChI=1S/C22H24BrN3O4S2/c1-29-19-7-6-16(21(14-19)30-2)12-18-15-31-22(24-18)25-8-10-26(11-9-25)32(27,28)20-5-3-4-17(23)13-20/h3-7,13-15H,8-12H2,1-2H3. The lowest BCUT2D eigenvalue weighted by Gasteiger charge is -2.33. The maximum atomic E-state index is 12.9. The number of thiazole rings is 1. The van der Waals surface area contributed by atoms with Crippen LogP contribution in [0.25, 0.3) is 0 Å². The Bertz CT molecular complexity index is 1190. The maximum Gasteiger partial charge on any atom is 0.243 e. The third-order valence-electron chi connectivity index (χ3n) is 5.35. The van der Waals surface area contributed by atoms with Crippen molar-refractivity contribution < 1.29 is 17.9 Å². The largest absolute Gasteiger partial charge is 0.497 e. The number of rotatable bonds is 7. The summed E-state index contributed by atoms with van der Waals surface area (Å²) in [5, 5.41) is 2.95. The topological polar surface area (TPSA) is 72.0 Å². The Morgan fingerprint density at radius 2 is 1.84 bits per heavy atom. The third-order valence-corrected chi connectivity index (χ3v) is 8.69. The third kappa shape index (κ3) is 4.93. The highest BCUT2D eigenvalue weighted by Crippen LogP contribution is 2.29. The van der Waals surface area contributed by atoms with E-state index >= 15 is 0 Å². The van der Waals surface area contributed by atoms with Crippen molar-refractivity contribution in [3.8, 4) is 11.5 Å². The van der Waals surface area contributed by atoms with Gasteiger partial charge in [0.15, 0.2) is 5.13 Å². The van der Waals surface area contributed by atoms with Crippen molar-refractivity contribution in [1.82, 2.24) is 9.29 Å². The monoisotopic (exact) mass is 537 g/mol. The molecule has 0 aliphatic carbocycles. The van der Waals surface area contributed by atoms with E-state index in [0.29, 0.717) is 37.5 Å². The van der Waals surface area contributed by atoms with E-state index in [0.717, 1.165) is 32.4 Å². The number of piperazine rings is 1. The molecule has 0 atom stereocenters. The van der Waals surface area contributed by atoms with Crippen LogP contribution < -0.4 is 14.4 Å². The van der Waals surface area contributed by atoms with Gasteiger partial charge in [0.1, 0.15) is 11.5 Å². The fourth-order valence-electron chi connectivity index (χ4n) is 3.61. The molecule has 0 saturated carbocycles. The first-order valence-electron chi connectivity index (χ1n) is 10.1. The van der Waals surface area contributed by atoms with Crippen molar-refractivity contribution in [2.75, 3.05) is 45.3 Å². The first-order chi connectivity index (χ1) is 15.4. The van der Waals surface area contributed by atoms with Crippen LogP contribution >= 0.6 is 27.3 Å². The summed E-state index contributed by atoms with van der Waals surface area (Å²) in [6.07, 6.45) is 0.654. The van der Waals surface area contributed by atoms with Crippen molar-refractivity contribution in [2.24, 2.45) is 0 Å². The number of methoxy groups -OCH3 is 2. The Kier molecular flexibility index (Phi) is 7.04. The summed E-state index contributed by atoms with van der Waals surface area (Å²) < 4.78 is 38.9. The molecule has 7 nitrogen and oxygen atoms in total. The molecule has 170 valence electrons. The van der Waals surface area contributed by atoms with E-state index in [4.69, 9.17) is 14.5 Å². The summed E-state index contributed by atoms with van der Waals surface area (Å²) in [6.45, 7) is 2.06. The number of benzene rings is 2. The minimum absolute atomic E-state index is 0.310. The number of ether oxygens (including phenoxy) is 2. The molecule has 3 aromatic rings. The number of sulfonamides is 1.